The van der Waals surface area contributed by atoms with Crippen molar-refractivity contribution in [3.05, 3.63) is 0 Å². The lowest BCUT2D eigenvalue weighted by atomic mass is 10.0. The summed E-state index contributed by atoms with van der Waals surface area (Å²) in [5, 5.41) is 12.1. The maximum atomic E-state index is 8.58. The van der Waals surface area contributed by atoms with Crippen LogP contribution in [0.1, 0.15) is 45.4 Å². The molecule has 0 amide bonds. The lowest BCUT2D eigenvalue weighted by Crippen LogP contribution is -2.24. The van der Waals surface area contributed by atoms with Gasteiger partial charge in [-0.25, -0.2) is 0 Å². The second kappa shape index (κ2) is 5.61. The Morgan fingerprint density at radius 3 is 2.54 bits per heavy atom. The topological polar surface area (TPSA) is 32.3 Å². The van der Waals surface area contributed by atoms with Crippen LogP contribution in [0.2, 0.25) is 0 Å². The van der Waals surface area contributed by atoms with Gasteiger partial charge >= 0.3 is 0 Å². The number of aliphatic hydroxyl groups is 1. The molecular formula is C11H23NO. The maximum absolute atomic E-state index is 8.58. The minimum Gasteiger partial charge on any atom is -0.396 e. The minimum atomic E-state index is 0.346. The van der Waals surface area contributed by atoms with E-state index in [4.69, 9.17) is 5.11 Å². The molecule has 1 aliphatic carbocycles. The predicted molar refractivity (Wildman–Crippen MR) is 55.8 cm³/mol. The van der Waals surface area contributed by atoms with Crippen molar-refractivity contribution in [2.45, 2.75) is 45.4 Å². The highest BCUT2D eigenvalue weighted by Crippen LogP contribution is 2.47. The third-order valence-corrected chi connectivity index (χ3v) is 3.22. The van der Waals surface area contributed by atoms with Crippen LogP contribution < -0.4 is 5.32 Å². The van der Waals surface area contributed by atoms with Crippen molar-refractivity contribution in [3.63, 3.8) is 0 Å². The zero-order valence-electron chi connectivity index (χ0n) is 8.81. The summed E-state index contributed by atoms with van der Waals surface area (Å²) in [6.07, 6.45) is 7.50. The standard InChI is InChI=1S/C11H23NO/c1-2-11(6-7-11)10-12-8-4-3-5-9-13/h12-13H,2-10H2,1H3. The number of nitrogens with one attached hydrogen (secondary N) is 1. The highest BCUT2D eigenvalue weighted by Gasteiger charge is 2.39. The largest absolute Gasteiger partial charge is 0.396 e. The number of unbranched alkanes of at least 4 members (excludes halogenated alkanes) is 2. The van der Waals surface area contributed by atoms with E-state index in [9.17, 15) is 0 Å². The van der Waals surface area contributed by atoms with E-state index in [2.05, 4.69) is 12.2 Å². The second-order valence-corrected chi connectivity index (χ2v) is 4.31. The van der Waals surface area contributed by atoms with Crippen molar-refractivity contribution in [2.24, 2.45) is 5.41 Å². The summed E-state index contributed by atoms with van der Waals surface area (Å²) < 4.78 is 0. The molecule has 78 valence electrons. The average Bonchev–Trinajstić information content (AvgIpc) is 2.92. The molecule has 0 aliphatic heterocycles. The molecule has 0 unspecified atom stereocenters. The van der Waals surface area contributed by atoms with Gasteiger partial charge < -0.3 is 10.4 Å². The van der Waals surface area contributed by atoms with Crippen LogP contribution in [-0.2, 0) is 0 Å². The zero-order valence-corrected chi connectivity index (χ0v) is 8.81. The van der Waals surface area contributed by atoms with Crippen LogP contribution in [0.15, 0.2) is 0 Å². The molecule has 2 nitrogen and oxygen atoms in total. The molecule has 0 radical (unpaired) electrons. The van der Waals surface area contributed by atoms with E-state index >= 15 is 0 Å². The molecule has 2 heteroatoms. The maximum Gasteiger partial charge on any atom is 0.0431 e. The third-order valence-electron chi connectivity index (χ3n) is 3.22. The van der Waals surface area contributed by atoms with Crippen molar-refractivity contribution in [3.8, 4) is 0 Å². The fourth-order valence-electron chi connectivity index (χ4n) is 1.72. The minimum absolute atomic E-state index is 0.346. The zero-order chi connectivity index (χ0) is 9.57. The van der Waals surface area contributed by atoms with Gasteiger partial charge in [-0.15, -0.1) is 0 Å². The quantitative estimate of drug-likeness (QED) is 0.566. The molecular weight excluding hydrogens is 162 g/mol. The first-order valence-corrected chi connectivity index (χ1v) is 5.64. The van der Waals surface area contributed by atoms with Crippen LogP contribution in [0.4, 0.5) is 0 Å². The van der Waals surface area contributed by atoms with Gasteiger partial charge in [-0.3, -0.25) is 0 Å². The Bertz CT molecular complexity index is 132. The van der Waals surface area contributed by atoms with Crippen molar-refractivity contribution in [2.75, 3.05) is 19.7 Å². The van der Waals surface area contributed by atoms with Gasteiger partial charge in [0.15, 0.2) is 0 Å². The Labute approximate surface area is 81.7 Å². The van der Waals surface area contributed by atoms with E-state index in [1.807, 2.05) is 0 Å². The molecule has 0 bridgehead atoms. The van der Waals surface area contributed by atoms with Crippen LogP contribution in [-0.4, -0.2) is 24.8 Å². The first kappa shape index (κ1) is 11.0. The average molecular weight is 185 g/mol. The molecule has 0 heterocycles. The summed E-state index contributed by atoms with van der Waals surface area (Å²) >= 11 is 0. The van der Waals surface area contributed by atoms with Gasteiger partial charge in [0.1, 0.15) is 0 Å². The number of rotatable bonds is 8. The fourth-order valence-corrected chi connectivity index (χ4v) is 1.72. The highest BCUT2D eigenvalue weighted by atomic mass is 16.2. The summed E-state index contributed by atoms with van der Waals surface area (Å²) in [5.74, 6) is 0. The Morgan fingerprint density at radius 2 is 2.00 bits per heavy atom. The molecule has 1 fully saturated rings. The smallest absolute Gasteiger partial charge is 0.0431 e. The van der Waals surface area contributed by atoms with E-state index in [0.717, 1.165) is 19.4 Å². The Morgan fingerprint density at radius 1 is 1.23 bits per heavy atom. The third kappa shape index (κ3) is 4.10. The Hall–Kier alpha value is -0.0800. The van der Waals surface area contributed by atoms with E-state index < -0.39 is 0 Å². The summed E-state index contributed by atoms with van der Waals surface area (Å²) in [6.45, 7) is 4.98. The summed E-state index contributed by atoms with van der Waals surface area (Å²) in [5.41, 5.74) is 0.678. The summed E-state index contributed by atoms with van der Waals surface area (Å²) in [6, 6.07) is 0. The molecule has 0 atom stereocenters. The molecule has 0 aromatic heterocycles. The first-order valence-electron chi connectivity index (χ1n) is 5.64. The van der Waals surface area contributed by atoms with Crippen LogP contribution in [0.25, 0.3) is 0 Å². The molecule has 0 spiro atoms. The van der Waals surface area contributed by atoms with Crippen LogP contribution in [0, 0.1) is 5.41 Å². The molecule has 1 rings (SSSR count). The molecule has 1 aliphatic rings. The first-order chi connectivity index (χ1) is 6.33. The molecule has 2 N–H and O–H groups in total. The SMILES string of the molecule is CCC1(CNCCCCCO)CC1. The van der Waals surface area contributed by atoms with Gasteiger partial charge in [-0.1, -0.05) is 6.92 Å². The lowest BCUT2D eigenvalue weighted by Gasteiger charge is -2.12. The number of hydrogen-bond acceptors (Lipinski definition) is 2. The predicted octanol–water partition coefficient (Wildman–Crippen LogP) is 1.93. The van der Waals surface area contributed by atoms with Crippen molar-refractivity contribution in [1.82, 2.24) is 5.32 Å². The van der Waals surface area contributed by atoms with E-state index in [-0.39, 0.29) is 0 Å². The van der Waals surface area contributed by atoms with Gasteiger partial charge in [0, 0.05) is 13.2 Å². The van der Waals surface area contributed by atoms with E-state index in [0.29, 0.717) is 12.0 Å². The van der Waals surface area contributed by atoms with Crippen molar-refractivity contribution < 1.29 is 5.11 Å². The normalized spacial score (nSPS) is 18.9. The lowest BCUT2D eigenvalue weighted by molar-refractivity contribution is 0.282. The van der Waals surface area contributed by atoms with Crippen molar-refractivity contribution >= 4 is 0 Å². The van der Waals surface area contributed by atoms with Crippen LogP contribution in [0.3, 0.4) is 0 Å². The van der Waals surface area contributed by atoms with Gasteiger partial charge in [0.2, 0.25) is 0 Å². The monoisotopic (exact) mass is 185 g/mol. The van der Waals surface area contributed by atoms with Gasteiger partial charge in [-0.05, 0) is 50.5 Å². The summed E-state index contributed by atoms with van der Waals surface area (Å²) in [7, 11) is 0. The highest BCUT2D eigenvalue weighted by molar-refractivity contribution is 4.93. The second-order valence-electron chi connectivity index (χ2n) is 4.31. The van der Waals surface area contributed by atoms with Gasteiger partial charge in [0.05, 0.1) is 0 Å². The molecule has 1 saturated carbocycles. The molecule has 0 saturated heterocycles. The fraction of sp³-hybridized carbons (Fsp3) is 1.00. The van der Waals surface area contributed by atoms with Crippen LogP contribution >= 0.6 is 0 Å². The Kier molecular flexibility index (Phi) is 4.74. The van der Waals surface area contributed by atoms with Crippen LogP contribution in [0.5, 0.6) is 0 Å². The van der Waals surface area contributed by atoms with Gasteiger partial charge in [0.25, 0.3) is 0 Å². The Balaban J connectivity index is 1.84. The van der Waals surface area contributed by atoms with Crippen molar-refractivity contribution in [1.29, 1.82) is 0 Å². The number of hydrogen-bond donors (Lipinski definition) is 2. The molecule has 0 aromatic carbocycles. The van der Waals surface area contributed by atoms with E-state index in [1.165, 1.54) is 32.2 Å². The van der Waals surface area contributed by atoms with E-state index in [1.54, 1.807) is 0 Å². The summed E-state index contributed by atoms with van der Waals surface area (Å²) in [4.78, 5) is 0. The molecule has 13 heavy (non-hydrogen) atoms. The molecule has 0 aromatic rings. The number of aliphatic hydroxyl groups excluding tert-OH is 1. The van der Waals surface area contributed by atoms with Gasteiger partial charge in [-0.2, -0.15) is 0 Å².